The lowest BCUT2D eigenvalue weighted by Crippen LogP contribution is -2.53. The lowest BCUT2D eigenvalue weighted by molar-refractivity contribution is 0.0793. The van der Waals surface area contributed by atoms with E-state index >= 15 is 0 Å². The summed E-state index contributed by atoms with van der Waals surface area (Å²) < 4.78 is 0. The molecule has 3 rings (SSSR count). The number of fused-ring (bicyclic) bond motifs is 1. The molecule has 1 saturated heterocycles. The number of nitrogens with zero attached hydrogens (tertiary/aromatic N) is 2. The topological polar surface area (TPSA) is 73.0 Å². The molecule has 1 aromatic heterocycles. The Hall–Kier alpha value is -1.40. The maximum atomic E-state index is 12.5. The van der Waals surface area contributed by atoms with Crippen LogP contribution in [0, 0.1) is 0 Å². The molecule has 22 heavy (non-hydrogen) atoms. The molecule has 0 atom stereocenters. The molecule has 0 spiro atoms. The molecular weight excluding hydrogens is 278 g/mol. The van der Waals surface area contributed by atoms with Gasteiger partial charge in [0, 0.05) is 42.9 Å². The zero-order chi connectivity index (χ0) is 15.6. The van der Waals surface area contributed by atoms with E-state index in [1.54, 1.807) is 0 Å². The molecule has 2 aliphatic rings. The second-order valence-corrected chi connectivity index (χ2v) is 7.00. The summed E-state index contributed by atoms with van der Waals surface area (Å²) >= 11 is 0. The van der Waals surface area contributed by atoms with Crippen molar-refractivity contribution in [1.82, 2.24) is 25.7 Å². The minimum absolute atomic E-state index is 0.00923. The molecule has 0 unspecified atom stereocenters. The molecule has 1 fully saturated rings. The van der Waals surface area contributed by atoms with Crippen LogP contribution in [0.2, 0.25) is 0 Å². The van der Waals surface area contributed by atoms with Crippen LogP contribution in [0.4, 0.5) is 0 Å². The highest BCUT2D eigenvalue weighted by atomic mass is 16.1. The number of hydrogen-bond donors (Lipinski definition) is 3. The van der Waals surface area contributed by atoms with E-state index in [9.17, 15) is 4.79 Å². The van der Waals surface area contributed by atoms with Crippen molar-refractivity contribution >= 4 is 5.91 Å². The van der Waals surface area contributed by atoms with Gasteiger partial charge in [0.05, 0.1) is 0 Å². The van der Waals surface area contributed by atoms with Crippen molar-refractivity contribution in [3.05, 3.63) is 17.0 Å². The van der Waals surface area contributed by atoms with Crippen LogP contribution < -0.4 is 10.6 Å². The number of carbonyl (C=O) groups excluding carboxylic acids is 1. The van der Waals surface area contributed by atoms with Crippen LogP contribution in [0.5, 0.6) is 0 Å². The average Bonchev–Trinajstić information content (AvgIpc) is 2.98. The Morgan fingerprint density at radius 1 is 1.32 bits per heavy atom. The van der Waals surface area contributed by atoms with Gasteiger partial charge < -0.3 is 10.6 Å². The second-order valence-electron chi connectivity index (χ2n) is 7.00. The lowest BCUT2D eigenvalue weighted by atomic mass is 9.98. The number of H-pyrrole nitrogens is 1. The number of nitrogens with one attached hydrogen (secondary N) is 3. The van der Waals surface area contributed by atoms with Crippen molar-refractivity contribution in [2.75, 3.05) is 26.2 Å². The molecule has 2 aliphatic heterocycles. The molecule has 0 aliphatic carbocycles. The van der Waals surface area contributed by atoms with Crippen LogP contribution in [0.25, 0.3) is 0 Å². The highest BCUT2D eigenvalue weighted by Gasteiger charge is 2.29. The minimum Gasteiger partial charge on any atom is -0.349 e. The van der Waals surface area contributed by atoms with Gasteiger partial charge in [0.1, 0.15) is 0 Å². The minimum atomic E-state index is -0.0636. The summed E-state index contributed by atoms with van der Waals surface area (Å²) in [5.74, 6) is -0.0636. The first-order chi connectivity index (χ1) is 10.6. The second kappa shape index (κ2) is 6.38. The van der Waals surface area contributed by atoms with Crippen LogP contribution in [-0.4, -0.2) is 52.7 Å². The van der Waals surface area contributed by atoms with E-state index < -0.39 is 0 Å². The van der Waals surface area contributed by atoms with Crippen molar-refractivity contribution in [2.24, 2.45) is 0 Å². The molecule has 0 bridgehead atoms. The molecule has 0 radical (unpaired) electrons. The molecule has 122 valence electrons. The summed E-state index contributed by atoms with van der Waals surface area (Å²) in [6.45, 7) is 9.00. The monoisotopic (exact) mass is 305 g/mol. The van der Waals surface area contributed by atoms with Gasteiger partial charge >= 0.3 is 0 Å². The first kappa shape index (κ1) is 15.5. The Kier molecular flexibility index (Phi) is 4.49. The number of hydrogen-bond acceptors (Lipinski definition) is 4. The third kappa shape index (κ3) is 3.17. The third-order valence-electron chi connectivity index (χ3n) is 4.92. The maximum Gasteiger partial charge on any atom is 0.272 e. The quantitative estimate of drug-likeness (QED) is 0.777. The van der Waals surface area contributed by atoms with Crippen molar-refractivity contribution < 1.29 is 4.79 Å². The van der Waals surface area contributed by atoms with Gasteiger partial charge in [-0.2, -0.15) is 5.10 Å². The molecular formula is C16H27N5O. The van der Waals surface area contributed by atoms with E-state index in [1.807, 2.05) is 0 Å². The predicted molar refractivity (Wildman–Crippen MR) is 85.8 cm³/mol. The summed E-state index contributed by atoms with van der Waals surface area (Å²) in [6.07, 6.45) is 4.76. The zero-order valence-electron chi connectivity index (χ0n) is 13.7. The SMILES string of the molecule is CC(C)(CNC(=O)c1n[nH]c2c1CNCC2)N1CCCCC1. The molecule has 1 amide bonds. The third-order valence-corrected chi connectivity index (χ3v) is 4.92. The van der Waals surface area contributed by atoms with E-state index in [4.69, 9.17) is 0 Å². The Morgan fingerprint density at radius 3 is 2.86 bits per heavy atom. The van der Waals surface area contributed by atoms with Crippen LogP contribution in [0.3, 0.4) is 0 Å². The standard InChI is InChI=1S/C16H27N5O/c1-16(2,21-8-4-3-5-9-21)11-18-15(22)14-12-10-17-7-6-13(12)19-20-14/h17H,3-11H2,1-2H3,(H,18,22)(H,19,20). The van der Waals surface area contributed by atoms with Gasteiger partial charge in [0.2, 0.25) is 0 Å². The van der Waals surface area contributed by atoms with Crippen molar-refractivity contribution in [1.29, 1.82) is 0 Å². The van der Waals surface area contributed by atoms with E-state index in [1.165, 1.54) is 19.3 Å². The van der Waals surface area contributed by atoms with Gasteiger partial charge in [-0.3, -0.25) is 14.8 Å². The van der Waals surface area contributed by atoms with Crippen LogP contribution in [0.1, 0.15) is 54.9 Å². The Balaban J connectivity index is 1.61. The van der Waals surface area contributed by atoms with Crippen molar-refractivity contribution in [3.8, 4) is 0 Å². The lowest BCUT2D eigenvalue weighted by Gasteiger charge is -2.41. The summed E-state index contributed by atoms with van der Waals surface area (Å²) in [7, 11) is 0. The van der Waals surface area contributed by atoms with Gasteiger partial charge in [-0.25, -0.2) is 0 Å². The van der Waals surface area contributed by atoms with Crippen LogP contribution >= 0.6 is 0 Å². The number of aromatic amines is 1. The molecule has 0 aromatic carbocycles. The number of likely N-dealkylation sites (tertiary alicyclic amines) is 1. The number of rotatable bonds is 4. The smallest absolute Gasteiger partial charge is 0.272 e. The molecule has 0 saturated carbocycles. The highest BCUT2D eigenvalue weighted by molar-refractivity contribution is 5.94. The average molecular weight is 305 g/mol. The molecule has 1 aromatic rings. The highest BCUT2D eigenvalue weighted by Crippen LogP contribution is 2.20. The van der Waals surface area contributed by atoms with Gasteiger partial charge in [-0.15, -0.1) is 0 Å². The van der Waals surface area contributed by atoms with Gasteiger partial charge in [-0.1, -0.05) is 6.42 Å². The van der Waals surface area contributed by atoms with Gasteiger partial charge in [-0.05, 0) is 39.8 Å². The van der Waals surface area contributed by atoms with E-state index in [0.717, 1.165) is 43.9 Å². The Bertz CT molecular complexity index is 531. The maximum absolute atomic E-state index is 12.5. The fraction of sp³-hybridized carbons (Fsp3) is 0.750. The summed E-state index contributed by atoms with van der Waals surface area (Å²) in [4.78, 5) is 15.0. The fourth-order valence-corrected chi connectivity index (χ4v) is 3.40. The Labute approximate surface area is 132 Å². The summed E-state index contributed by atoms with van der Waals surface area (Å²) in [5.41, 5.74) is 2.67. The zero-order valence-corrected chi connectivity index (χ0v) is 13.7. The predicted octanol–water partition coefficient (Wildman–Crippen LogP) is 1.05. The first-order valence-electron chi connectivity index (χ1n) is 8.38. The normalized spacial score (nSPS) is 19.7. The van der Waals surface area contributed by atoms with Gasteiger partial charge in [0.15, 0.2) is 5.69 Å². The summed E-state index contributed by atoms with van der Waals surface area (Å²) in [5, 5.41) is 13.6. The van der Waals surface area contributed by atoms with Crippen LogP contribution in [0.15, 0.2) is 0 Å². The van der Waals surface area contributed by atoms with Gasteiger partial charge in [0.25, 0.3) is 5.91 Å². The van der Waals surface area contributed by atoms with Crippen LogP contribution in [-0.2, 0) is 13.0 Å². The van der Waals surface area contributed by atoms with E-state index in [0.29, 0.717) is 12.2 Å². The first-order valence-corrected chi connectivity index (χ1v) is 8.38. The number of amides is 1. The largest absolute Gasteiger partial charge is 0.349 e. The number of aromatic nitrogens is 2. The Morgan fingerprint density at radius 2 is 2.09 bits per heavy atom. The van der Waals surface area contributed by atoms with E-state index in [-0.39, 0.29) is 11.4 Å². The summed E-state index contributed by atoms with van der Waals surface area (Å²) in [6, 6.07) is 0. The molecule has 3 N–H and O–H groups in total. The molecule has 3 heterocycles. The molecule has 6 heteroatoms. The van der Waals surface area contributed by atoms with E-state index in [2.05, 4.69) is 39.6 Å². The molecule has 6 nitrogen and oxygen atoms in total. The van der Waals surface area contributed by atoms with Crippen molar-refractivity contribution in [2.45, 2.75) is 51.6 Å². The number of carbonyl (C=O) groups is 1. The fourth-order valence-electron chi connectivity index (χ4n) is 3.40. The number of piperidine rings is 1. The van der Waals surface area contributed by atoms with Crippen molar-refractivity contribution in [3.63, 3.8) is 0 Å².